The number of alkyl halides is 2. The number of halogens is 2. The summed E-state index contributed by atoms with van der Waals surface area (Å²) < 4.78 is -1.11. The molecule has 1 rings (SSSR count). The van der Waals surface area contributed by atoms with Gasteiger partial charge in [-0.15, -0.1) is 0 Å². The summed E-state index contributed by atoms with van der Waals surface area (Å²) in [7, 11) is 0. The summed E-state index contributed by atoms with van der Waals surface area (Å²) in [6.07, 6.45) is -0.305. The molecule has 3 nitrogen and oxygen atoms in total. The molecule has 18 heavy (non-hydrogen) atoms. The fraction of sp³-hybridized carbons (Fsp3) is 0.462. The molecule has 0 aliphatic rings. The lowest BCUT2D eigenvalue weighted by atomic mass is 10.0. The van der Waals surface area contributed by atoms with Gasteiger partial charge in [0, 0.05) is 0 Å². The highest BCUT2D eigenvalue weighted by Crippen LogP contribution is 2.28. The van der Waals surface area contributed by atoms with Gasteiger partial charge in [0.2, 0.25) is 0 Å². The van der Waals surface area contributed by atoms with Crippen molar-refractivity contribution in [2.75, 3.05) is 0 Å². The van der Waals surface area contributed by atoms with Crippen LogP contribution in [0.4, 0.5) is 0 Å². The first-order chi connectivity index (χ1) is 8.38. The minimum atomic E-state index is -1.11. The Kier molecular flexibility index (Phi) is 5.63. The highest BCUT2D eigenvalue weighted by molar-refractivity contribution is 9.10. The lowest BCUT2D eigenvalue weighted by molar-refractivity contribution is -0.122. The molecule has 3 atom stereocenters. The predicted octanol–water partition coefficient (Wildman–Crippen LogP) is 2.96. The maximum atomic E-state index is 11.8. The molecule has 0 radical (unpaired) electrons. The lowest BCUT2D eigenvalue weighted by Gasteiger charge is -2.24. The van der Waals surface area contributed by atoms with Crippen molar-refractivity contribution in [2.45, 2.75) is 36.2 Å². The van der Waals surface area contributed by atoms with Crippen molar-refractivity contribution in [3.05, 3.63) is 35.9 Å². The van der Waals surface area contributed by atoms with E-state index in [-0.39, 0.29) is 5.91 Å². The number of nitrogens with one attached hydrogen (secondary N) is 1. The van der Waals surface area contributed by atoms with Gasteiger partial charge in [-0.2, -0.15) is 0 Å². The number of aliphatic hydroxyl groups is 1. The molecule has 0 saturated heterocycles. The molecule has 100 valence electrons. The molecule has 0 heterocycles. The maximum Gasteiger partial charge on any atom is 0.252 e. The molecule has 0 spiro atoms. The van der Waals surface area contributed by atoms with Crippen LogP contribution in [0.5, 0.6) is 0 Å². The summed E-state index contributed by atoms with van der Waals surface area (Å²) >= 11 is 9.14. The van der Waals surface area contributed by atoms with Gasteiger partial charge in [0.15, 0.2) is 3.78 Å². The Morgan fingerprint density at radius 3 is 2.56 bits per heavy atom. The minimum absolute atomic E-state index is 0.339. The number of hydrogen-bond donors (Lipinski definition) is 2. The maximum absolute atomic E-state index is 11.8. The minimum Gasteiger partial charge on any atom is -0.386 e. The van der Waals surface area contributed by atoms with Crippen LogP contribution in [0.25, 0.3) is 0 Å². The van der Waals surface area contributed by atoms with Gasteiger partial charge < -0.3 is 10.4 Å². The summed E-state index contributed by atoms with van der Waals surface area (Å²) in [5, 5.41) is 12.8. The number of carbonyl (C=O) groups excluding carboxylic acids is 1. The van der Waals surface area contributed by atoms with E-state index in [1.165, 1.54) is 0 Å². The number of aliphatic hydroxyl groups excluding tert-OH is 1. The van der Waals surface area contributed by atoms with Gasteiger partial charge in [-0.25, -0.2) is 0 Å². The molecule has 1 aromatic carbocycles. The van der Waals surface area contributed by atoms with E-state index in [4.69, 9.17) is 11.6 Å². The largest absolute Gasteiger partial charge is 0.386 e. The van der Waals surface area contributed by atoms with E-state index in [1.54, 1.807) is 13.8 Å². The van der Waals surface area contributed by atoms with Crippen LogP contribution in [-0.4, -0.2) is 20.8 Å². The molecule has 0 aliphatic carbocycles. The van der Waals surface area contributed by atoms with E-state index in [0.717, 1.165) is 5.56 Å². The zero-order valence-corrected chi connectivity index (χ0v) is 12.7. The van der Waals surface area contributed by atoms with Gasteiger partial charge in [-0.05, 0) is 18.9 Å². The monoisotopic (exact) mass is 333 g/mol. The van der Waals surface area contributed by atoms with Crippen LogP contribution in [0.1, 0.15) is 31.9 Å². The molecule has 2 N–H and O–H groups in total. The lowest BCUT2D eigenvalue weighted by Crippen LogP contribution is -2.44. The van der Waals surface area contributed by atoms with Crippen LogP contribution in [-0.2, 0) is 4.79 Å². The third kappa shape index (κ3) is 3.97. The average Bonchev–Trinajstić information content (AvgIpc) is 2.38. The molecule has 1 amide bonds. The Morgan fingerprint density at radius 2 is 2.06 bits per heavy atom. The van der Waals surface area contributed by atoms with E-state index >= 15 is 0 Å². The summed E-state index contributed by atoms with van der Waals surface area (Å²) in [6, 6.07) is 8.77. The number of amides is 1. The van der Waals surface area contributed by atoms with Crippen molar-refractivity contribution in [3.8, 4) is 0 Å². The summed E-state index contributed by atoms with van der Waals surface area (Å²) in [4.78, 5) is 11.8. The van der Waals surface area contributed by atoms with E-state index in [9.17, 15) is 9.90 Å². The van der Waals surface area contributed by atoms with E-state index < -0.39 is 15.9 Å². The van der Waals surface area contributed by atoms with Crippen molar-refractivity contribution >= 4 is 33.4 Å². The molecular formula is C13H17BrClNO2. The molecule has 1 aromatic rings. The third-order valence-corrected chi connectivity index (χ3v) is 4.11. The number of carbonyl (C=O) groups is 1. The van der Waals surface area contributed by atoms with Crippen molar-refractivity contribution in [3.63, 3.8) is 0 Å². The fourth-order valence-corrected chi connectivity index (χ4v) is 1.66. The first-order valence-electron chi connectivity index (χ1n) is 5.80. The topological polar surface area (TPSA) is 49.3 Å². The molecule has 5 heteroatoms. The summed E-state index contributed by atoms with van der Waals surface area (Å²) in [6.45, 7) is 3.55. The molecule has 0 aliphatic heterocycles. The number of rotatable bonds is 5. The normalized spacial score (nSPS) is 17.6. The molecule has 0 bridgehead atoms. The standard InChI is InChI=1S/C13H17BrClNO2/c1-3-13(14,15)12(18)16-9(2)11(17)10-7-5-4-6-8-10/h4-9,11,17H,3H2,1-2H3,(H,16,18)/t9-,11-,13?/m0/s1. The third-order valence-electron chi connectivity index (χ3n) is 2.75. The van der Waals surface area contributed by atoms with Gasteiger partial charge in [0.05, 0.1) is 12.1 Å². The fourth-order valence-electron chi connectivity index (χ4n) is 1.49. The van der Waals surface area contributed by atoms with E-state index in [2.05, 4.69) is 21.2 Å². The number of hydrogen-bond acceptors (Lipinski definition) is 2. The number of benzene rings is 1. The zero-order valence-electron chi connectivity index (χ0n) is 10.4. The van der Waals surface area contributed by atoms with Gasteiger partial charge in [-0.3, -0.25) is 4.79 Å². The van der Waals surface area contributed by atoms with Crippen LogP contribution in [0.2, 0.25) is 0 Å². The van der Waals surface area contributed by atoms with E-state index in [0.29, 0.717) is 6.42 Å². The summed E-state index contributed by atoms with van der Waals surface area (Å²) in [5.74, 6) is -0.339. The second-order valence-corrected chi connectivity index (χ2v) is 6.63. The Hall–Kier alpha value is -0.580. The second kappa shape index (κ2) is 6.55. The van der Waals surface area contributed by atoms with Crippen molar-refractivity contribution in [1.82, 2.24) is 5.32 Å². The molecular weight excluding hydrogens is 318 g/mol. The SMILES string of the molecule is CCC(Cl)(Br)C(=O)N[C@@H](C)[C@H](O)c1ccccc1. The Labute approximate surface area is 121 Å². The van der Waals surface area contributed by atoms with Crippen LogP contribution in [0.15, 0.2) is 30.3 Å². The quantitative estimate of drug-likeness (QED) is 0.813. The van der Waals surface area contributed by atoms with Gasteiger partial charge in [0.25, 0.3) is 5.91 Å². The van der Waals surface area contributed by atoms with Crippen LogP contribution >= 0.6 is 27.5 Å². The van der Waals surface area contributed by atoms with Crippen molar-refractivity contribution in [1.29, 1.82) is 0 Å². The molecule has 0 saturated carbocycles. The van der Waals surface area contributed by atoms with Gasteiger partial charge >= 0.3 is 0 Å². The highest BCUT2D eigenvalue weighted by atomic mass is 79.9. The Bertz CT molecular complexity index is 397. The van der Waals surface area contributed by atoms with E-state index in [1.807, 2.05) is 30.3 Å². The average molecular weight is 335 g/mol. The first kappa shape index (κ1) is 15.5. The van der Waals surface area contributed by atoms with Crippen molar-refractivity contribution < 1.29 is 9.90 Å². The molecule has 0 aromatic heterocycles. The van der Waals surface area contributed by atoms with Gasteiger partial charge in [-0.1, -0.05) is 64.8 Å². The van der Waals surface area contributed by atoms with Gasteiger partial charge in [0.1, 0.15) is 0 Å². The highest BCUT2D eigenvalue weighted by Gasteiger charge is 2.32. The van der Waals surface area contributed by atoms with Crippen LogP contribution < -0.4 is 5.32 Å². The van der Waals surface area contributed by atoms with Crippen LogP contribution in [0, 0.1) is 0 Å². The molecule has 1 unspecified atom stereocenters. The second-order valence-electron chi connectivity index (χ2n) is 4.18. The smallest absolute Gasteiger partial charge is 0.252 e. The Balaban J connectivity index is 2.66. The summed E-state index contributed by atoms with van der Waals surface area (Å²) in [5.41, 5.74) is 0.761. The van der Waals surface area contributed by atoms with Crippen molar-refractivity contribution in [2.24, 2.45) is 0 Å². The van der Waals surface area contributed by atoms with Crippen LogP contribution in [0.3, 0.4) is 0 Å². The zero-order chi connectivity index (χ0) is 13.8. The Morgan fingerprint density at radius 1 is 1.50 bits per heavy atom. The molecule has 0 fully saturated rings. The first-order valence-corrected chi connectivity index (χ1v) is 6.97. The predicted molar refractivity (Wildman–Crippen MR) is 76.8 cm³/mol.